The van der Waals surface area contributed by atoms with Gasteiger partial charge >= 0.3 is 0 Å². The van der Waals surface area contributed by atoms with Crippen molar-refractivity contribution in [1.82, 2.24) is 15.5 Å². The van der Waals surface area contributed by atoms with E-state index < -0.39 is 0 Å². The maximum absolute atomic E-state index is 12.3. The lowest BCUT2D eigenvalue weighted by atomic mass is 10.0. The number of amides is 2. The number of carbonyl (C=O) groups excluding carboxylic acids is 2. The molecule has 4 N–H and O–H groups in total. The van der Waals surface area contributed by atoms with Crippen LogP contribution in [0.15, 0.2) is 24.3 Å². The molecule has 2 atom stereocenters. The smallest absolute Gasteiger partial charge is 0.251 e. The van der Waals surface area contributed by atoms with Crippen LogP contribution in [0.2, 0.25) is 0 Å². The van der Waals surface area contributed by atoms with E-state index in [4.69, 9.17) is 5.73 Å². The molecule has 2 fully saturated rings. The number of nitrogens with one attached hydrogen (secondary N) is 2. The predicted octanol–water partition coefficient (Wildman–Crippen LogP) is 0.510. The molecule has 2 aliphatic heterocycles. The van der Waals surface area contributed by atoms with Crippen LogP contribution in [0.5, 0.6) is 0 Å². The fraction of sp³-hybridized carbons (Fsp3) is 0.500. The van der Waals surface area contributed by atoms with Gasteiger partial charge in [-0.25, -0.2) is 0 Å². The van der Waals surface area contributed by atoms with Gasteiger partial charge in [-0.1, -0.05) is 6.07 Å². The first-order valence-electron chi connectivity index (χ1n) is 7.87. The molecular weight excluding hydrogens is 312 g/mol. The van der Waals surface area contributed by atoms with Crippen molar-refractivity contribution in [2.24, 2.45) is 5.92 Å². The summed E-state index contributed by atoms with van der Waals surface area (Å²) in [5.74, 6) is 2.18. The highest BCUT2D eigenvalue weighted by molar-refractivity contribution is 7.99. The summed E-state index contributed by atoms with van der Waals surface area (Å²) in [5, 5.41) is 6.22. The first-order chi connectivity index (χ1) is 11.1. The van der Waals surface area contributed by atoms with Crippen LogP contribution in [0, 0.1) is 5.92 Å². The summed E-state index contributed by atoms with van der Waals surface area (Å²) in [5.41, 5.74) is 6.84. The van der Waals surface area contributed by atoms with Crippen LogP contribution < -0.4 is 16.4 Å². The number of hydrogen-bond acceptors (Lipinski definition) is 5. The quantitative estimate of drug-likeness (QED) is 0.699. The number of thioether (sulfide) groups is 1. The molecule has 6 nitrogen and oxygen atoms in total. The Bertz CT molecular complexity index is 589. The van der Waals surface area contributed by atoms with E-state index in [0.29, 0.717) is 17.8 Å². The second kappa shape index (κ2) is 7.23. The van der Waals surface area contributed by atoms with Gasteiger partial charge < -0.3 is 21.3 Å². The fourth-order valence-corrected chi connectivity index (χ4v) is 3.94. The Morgan fingerprint density at radius 2 is 2.30 bits per heavy atom. The number of hydrogen-bond donors (Lipinski definition) is 3. The van der Waals surface area contributed by atoms with Crippen LogP contribution in [-0.2, 0) is 4.79 Å². The highest BCUT2D eigenvalue weighted by atomic mass is 32.2. The van der Waals surface area contributed by atoms with Crippen molar-refractivity contribution in [3.63, 3.8) is 0 Å². The van der Waals surface area contributed by atoms with Gasteiger partial charge in [0.1, 0.15) is 0 Å². The molecule has 2 saturated heterocycles. The van der Waals surface area contributed by atoms with Gasteiger partial charge in [-0.05, 0) is 30.5 Å². The Kier molecular flexibility index (Phi) is 5.07. The van der Waals surface area contributed by atoms with Gasteiger partial charge in [0.05, 0.1) is 11.9 Å². The molecule has 23 heavy (non-hydrogen) atoms. The van der Waals surface area contributed by atoms with Crippen LogP contribution >= 0.6 is 11.8 Å². The first kappa shape index (κ1) is 16.1. The molecule has 0 unspecified atom stereocenters. The average molecular weight is 334 g/mol. The molecule has 0 saturated carbocycles. The summed E-state index contributed by atoms with van der Waals surface area (Å²) in [6, 6.07) is 6.83. The van der Waals surface area contributed by atoms with Gasteiger partial charge in [0.15, 0.2) is 0 Å². The Hall–Kier alpha value is -1.73. The second-order valence-corrected chi connectivity index (χ2v) is 7.11. The Balaban J connectivity index is 1.46. The van der Waals surface area contributed by atoms with E-state index in [0.717, 1.165) is 31.1 Å². The maximum atomic E-state index is 12.3. The van der Waals surface area contributed by atoms with Gasteiger partial charge in [-0.15, -0.1) is 11.8 Å². The minimum Gasteiger partial charge on any atom is -0.399 e. The van der Waals surface area contributed by atoms with Crippen LogP contribution in [-0.4, -0.2) is 54.0 Å². The molecule has 7 heteroatoms. The van der Waals surface area contributed by atoms with Gasteiger partial charge in [0.25, 0.3) is 5.91 Å². The normalized spacial score (nSPS) is 23.9. The van der Waals surface area contributed by atoms with Crippen molar-refractivity contribution in [3.8, 4) is 0 Å². The zero-order chi connectivity index (χ0) is 16.2. The zero-order valence-electron chi connectivity index (χ0n) is 13.0. The molecule has 0 aromatic heterocycles. The monoisotopic (exact) mass is 334 g/mol. The largest absolute Gasteiger partial charge is 0.399 e. The van der Waals surface area contributed by atoms with E-state index in [2.05, 4.69) is 10.6 Å². The lowest BCUT2D eigenvalue weighted by Crippen LogP contribution is -2.42. The molecule has 3 rings (SSSR count). The molecule has 2 heterocycles. The van der Waals surface area contributed by atoms with E-state index in [1.807, 2.05) is 4.90 Å². The van der Waals surface area contributed by atoms with Crippen molar-refractivity contribution in [3.05, 3.63) is 29.8 Å². The van der Waals surface area contributed by atoms with E-state index in [1.165, 1.54) is 0 Å². The number of carbonyl (C=O) groups is 2. The lowest BCUT2D eigenvalue weighted by molar-refractivity contribution is -0.131. The summed E-state index contributed by atoms with van der Waals surface area (Å²) in [4.78, 5) is 26.4. The average Bonchev–Trinajstić information content (AvgIpc) is 3.23. The minimum atomic E-state index is -0.122. The summed E-state index contributed by atoms with van der Waals surface area (Å²) >= 11 is 1.79. The molecule has 1 aromatic carbocycles. The molecule has 0 spiro atoms. The summed E-state index contributed by atoms with van der Waals surface area (Å²) in [7, 11) is 0. The second-order valence-electron chi connectivity index (χ2n) is 6.04. The van der Waals surface area contributed by atoms with Crippen molar-refractivity contribution >= 4 is 29.3 Å². The van der Waals surface area contributed by atoms with E-state index in [1.54, 1.807) is 36.0 Å². The minimum absolute atomic E-state index is 0.108. The number of anilines is 1. The summed E-state index contributed by atoms with van der Waals surface area (Å²) in [6.07, 6.45) is 0.775. The van der Waals surface area contributed by atoms with Gasteiger partial charge in [-0.3, -0.25) is 9.59 Å². The van der Waals surface area contributed by atoms with Gasteiger partial charge in [0, 0.05) is 36.6 Å². The number of benzene rings is 1. The molecule has 2 aliphatic rings. The highest BCUT2D eigenvalue weighted by Gasteiger charge is 2.33. The standard InChI is InChI=1S/C16H22N4O2S/c17-13-3-1-2-12(7-13)15(21)19-9-11-6-14(18-8-11)16(22)20-4-5-23-10-20/h1-3,7,11,14,18H,4-6,8-10,17H2,(H,19,21)/t11-,14-/m0/s1. The van der Waals surface area contributed by atoms with E-state index >= 15 is 0 Å². The van der Waals surface area contributed by atoms with Crippen LogP contribution in [0.1, 0.15) is 16.8 Å². The van der Waals surface area contributed by atoms with Crippen molar-refractivity contribution in [2.45, 2.75) is 12.5 Å². The first-order valence-corrected chi connectivity index (χ1v) is 9.02. The molecule has 124 valence electrons. The lowest BCUT2D eigenvalue weighted by Gasteiger charge is -2.19. The van der Waals surface area contributed by atoms with Crippen molar-refractivity contribution in [2.75, 3.05) is 37.0 Å². The Morgan fingerprint density at radius 1 is 1.43 bits per heavy atom. The molecular formula is C16H22N4O2S. The van der Waals surface area contributed by atoms with E-state index in [-0.39, 0.29) is 23.8 Å². The third-order valence-electron chi connectivity index (χ3n) is 4.28. The molecule has 0 bridgehead atoms. The summed E-state index contributed by atoms with van der Waals surface area (Å²) < 4.78 is 0. The fourth-order valence-electron chi connectivity index (χ4n) is 2.98. The van der Waals surface area contributed by atoms with Crippen molar-refractivity contribution in [1.29, 1.82) is 0 Å². The third-order valence-corrected chi connectivity index (χ3v) is 5.25. The van der Waals surface area contributed by atoms with Crippen molar-refractivity contribution < 1.29 is 9.59 Å². The molecule has 1 aromatic rings. The predicted molar refractivity (Wildman–Crippen MR) is 92.1 cm³/mol. The summed E-state index contributed by atoms with van der Waals surface area (Å²) in [6.45, 7) is 2.17. The molecule has 2 amide bonds. The number of nitrogens with zero attached hydrogens (tertiary/aromatic N) is 1. The van der Waals surface area contributed by atoms with Gasteiger partial charge in [0.2, 0.25) is 5.91 Å². The number of nitrogens with two attached hydrogens (primary N) is 1. The Labute approximate surface area is 140 Å². The third kappa shape index (κ3) is 3.97. The van der Waals surface area contributed by atoms with Crippen LogP contribution in [0.4, 0.5) is 5.69 Å². The van der Waals surface area contributed by atoms with Gasteiger partial charge in [-0.2, -0.15) is 0 Å². The molecule has 0 radical (unpaired) electrons. The highest BCUT2D eigenvalue weighted by Crippen LogP contribution is 2.20. The number of rotatable bonds is 4. The number of nitrogen functional groups attached to an aromatic ring is 1. The maximum Gasteiger partial charge on any atom is 0.251 e. The SMILES string of the molecule is Nc1cccc(C(=O)NC[C@@H]2CN[C@H](C(=O)N3CCSC3)C2)c1. The van der Waals surface area contributed by atoms with E-state index in [9.17, 15) is 9.59 Å². The van der Waals surface area contributed by atoms with Crippen LogP contribution in [0.25, 0.3) is 0 Å². The van der Waals surface area contributed by atoms with Crippen LogP contribution in [0.3, 0.4) is 0 Å². The zero-order valence-corrected chi connectivity index (χ0v) is 13.8. The topological polar surface area (TPSA) is 87.5 Å². The Morgan fingerprint density at radius 3 is 3.04 bits per heavy atom. The molecule has 0 aliphatic carbocycles.